The Morgan fingerprint density at radius 2 is 2.16 bits per heavy atom. The summed E-state index contributed by atoms with van der Waals surface area (Å²) in [6.45, 7) is 0.480. The molecule has 0 spiro atoms. The standard InChI is InChI=1S/C13H14ClN3OS/c14-10-3-1-2-4-11(10)19-8-12-16-9(5-6-15)7-13(18)17-12/h1-4,7H,5-6,8,15H2,(H,16,17,18). The molecule has 0 radical (unpaired) electrons. The molecule has 4 nitrogen and oxygen atoms in total. The quantitative estimate of drug-likeness (QED) is 0.830. The summed E-state index contributed by atoms with van der Waals surface area (Å²) in [4.78, 5) is 19.6. The zero-order chi connectivity index (χ0) is 13.7. The van der Waals surface area contributed by atoms with Crippen LogP contribution in [-0.4, -0.2) is 16.5 Å². The van der Waals surface area contributed by atoms with Gasteiger partial charge in [0.25, 0.3) is 5.56 Å². The predicted molar refractivity (Wildman–Crippen MR) is 78.6 cm³/mol. The van der Waals surface area contributed by atoms with Gasteiger partial charge in [0, 0.05) is 23.1 Å². The number of H-pyrrole nitrogens is 1. The monoisotopic (exact) mass is 295 g/mol. The molecule has 0 atom stereocenters. The van der Waals surface area contributed by atoms with Gasteiger partial charge in [-0.3, -0.25) is 4.79 Å². The summed E-state index contributed by atoms with van der Waals surface area (Å²) < 4.78 is 0. The number of hydrogen-bond acceptors (Lipinski definition) is 4. The highest BCUT2D eigenvalue weighted by Gasteiger charge is 2.04. The molecule has 100 valence electrons. The molecule has 6 heteroatoms. The molecule has 0 aliphatic heterocycles. The Bertz CT molecular complexity index is 615. The maximum atomic E-state index is 11.5. The van der Waals surface area contributed by atoms with Gasteiger partial charge in [-0.1, -0.05) is 23.7 Å². The number of benzene rings is 1. The summed E-state index contributed by atoms with van der Waals surface area (Å²) in [6.07, 6.45) is 0.605. The normalized spacial score (nSPS) is 10.6. The summed E-state index contributed by atoms with van der Waals surface area (Å²) in [5.41, 5.74) is 6.05. The largest absolute Gasteiger partial charge is 0.330 e. The van der Waals surface area contributed by atoms with Crippen molar-refractivity contribution in [2.24, 2.45) is 5.73 Å². The van der Waals surface area contributed by atoms with Gasteiger partial charge in [0.1, 0.15) is 5.82 Å². The van der Waals surface area contributed by atoms with Gasteiger partial charge in [-0.2, -0.15) is 0 Å². The lowest BCUT2D eigenvalue weighted by atomic mass is 10.3. The molecule has 2 aromatic rings. The van der Waals surface area contributed by atoms with Crippen LogP contribution in [0.3, 0.4) is 0 Å². The molecule has 0 aliphatic carbocycles. The fourth-order valence-corrected chi connectivity index (χ4v) is 2.72. The van der Waals surface area contributed by atoms with Crippen molar-refractivity contribution < 1.29 is 0 Å². The second-order valence-corrected chi connectivity index (χ2v) is 5.37. The number of nitrogens with two attached hydrogens (primary N) is 1. The van der Waals surface area contributed by atoms with E-state index in [1.54, 1.807) is 0 Å². The highest BCUT2D eigenvalue weighted by molar-refractivity contribution is 7.98. The number of thioether (sulfide) groups is 1. The molecule has 0 bridgehead atoms. The van der Waals surface area contributed by atoms with Crippen molar-refractivity contribution in [1.29, 1.82) is 0 Å². The van der Waals surface area contributed by atoms with E-state index in [1.807, 2.05) is 24.3 Å². The lowest BCUT2D eigenvalue weighted by Crippen LogP contribution is -2.14. The van der Waals surface area contributed by atoms with Crippen LogP contribution in [0.4, 0.5) is 0 Å². The maximum absolute atomic E-state index is 11.5. The second kappa shape index (κ2) is 6.75. The molecule has 1 aromatic carbocycles. The minimum absolute atomic E-state index is 0.145. The molecule has 0 saturated heterocycles. The van der Waals surface area contributed by atoms with Crippen LogP contribution < -0.4 is 11.3 Å². The van der Waals surface area contributed by atoms with Crippen molar-refractivity contribution in [2.75, 3.05) is 6.54 Å². The van der Waals surface area contributed by atoms with Gasteiger partial charge in [0.05, 0.1) is 10.8 Å². The zero-order valence-electron chi connectivity index (χ0n) is 10.2. The van der Waals surface area contributed by atoms with Crippen molar-refractivity contribution in [1.82, 2.24) is 9.97 Å². The number of aromatic amines is 1. The maximum Gasteiger partial charge on any atom is 0.251 e. The van der Waals surface area contributed by atoms with Gasteiger partial charge in [-0.25, -0.2) is 4.98 Å². The molecule has 0 aliphatic rings. The first-order chi connectivity index (χ1) is 9.19. The summed E-state index contributed by atoms with van der Waals surface area (Å²) >= 11 is 7.61. The van der Waals surface area contributed by atoms with Gasteiger partial charge in [-0.05, 0) is 18.7 Å². The summed E-state index contributed by atoms with van der Waals surface area (Å²) in [5, 5.41) is 0.702. The van der Waals surface area contributed by atoms with E-state index in [-0.39, 0.29) is 5.56 Å². The van der Waals surface area contributed by atoms with Crippen LogP contribution in [0, 0.1) is 0 Å². The molecule has 1 heterocycles. The Morgan fingerprint density at radius 1 is 1.37 bits per heavy atom. The Hall–Kier alpha value is -1.30. The van der Waals surface area contributed by atoms with Crippen LogP contribution >= 0.6 is 23.4 Å². The fraction of sp³-hybridized carbons (Fsp3) is 0.231. The molecule has 2 rings (SSSR count). The topological polar surface area (TPSA) is 71.8 Å². The summed E-state index contributed by atoms with van der Waals surface area (Å²) in [6, 6.07) is 9.07. The molecule has 0 saturated carbocycles. The summed E-state index contributed by atoms with van der Waals surface area (Å²) in [5.74, 6) is 1.21. The molecular weight excluding hydrogens is 282 g/mol. The first-order valence-electron chi connectivity index (χ1n) is 5.85. The van der Waals surface area contributed by atoms with Gasteiger partial charge in [0.15, 0.2) is 0 Å². The number of rotatable bonds is 5. The third-order valence-electron chi connectivity index (χ3n) is 2.45. The second-order valence-electron chi connectivity index (χ2n) is 3.94. The average molecular weight is 296 g/mol. The Balaban J connectivity index is 2.11. The molecule has 0 fully saturated rings. The molecule has 1 aromatic heterocycles. The average Bonchev–Trinajstić information content (AvgIpc) is 2.37. The highest BCUT2D eigenvalue weighted by atomic mass is 35.5. The number of aromatic nitrogens is 2. The molecule has 19 heavy (non-hydrogen) atoms. The predicted octanol–water partition coefficient (Wildman–Crippen LogP) is 2.22. The highest BCUT2D eigenvalue weighted by Crippen LogP contribution is 2.28. The van der Waals surface area contributed by atoms with Gasteiger partial charge in [-0.15, -0.1) is 11.8 Å². The van der Waals surface area contributed by atoms with E-state index < -0.39 is 0 Å². The number of hydrogen-bond donors (Lipinski definition) is 2. The molecule has 0 unspecified atom stereocenters. The van der Waals surface area contributed by atoms with Gasteiger partial charge in [0.2, 0.25) is 0 Å². The SMILES string of the molecule is NCCc1cc(=O)[nH]c(CSc2ccccc2Cl)n1. The van der Waals surface area contributed by atoms with Crippen LogP contribution in [0.1, 0.15) is 11.5 Å². The number of halogens is 1. The van der Waals surface area contributed by atoms with E-state index in [0.29, 0.717) is 29.6 Å². The third kappa shape index (κ3) is 4.09. The van der Waals surface area contributed by atoms with Crippen LogP contribution in [-0.2, 0) is 12.2 Å². The number of nitrogens with zero attached hydrogens (tertiary/aromatic N) is 1. The van der Waals surface area contributed by atoms with E-state index in [2.05, 4.69) is 9.97 Å². The van der Waals surface area contributed by atoms with Crippen molar-refractivity contribution in [2.45, 2.75) is 17.1 Å². The Morgan fingerprint density at radius 3 is 2.89 bits per heavy atom. The summed E-state index contributed by atoms with van der Waals surface area (Å²) in [7, 11) is 0. The van der Waals surface area contributed by atoms with Gasteiger partial charge < -0.3 is 10.7 Å². The van der Waals surface area contributed by atoms with E-state index in [1.165, 1.54) is 17.8 Å². The zero-order valence-corrected chi connectivity index (χ0v) is 11.8. The van der Waals surface area contributed by atoms with E-state index in [4.69, 9.17) is 17.3 Å². The van der Waals surface area contributed by atoms with Crippen LogP contribution in [0.15, 0.2) is 40.0 Å². The van der Waals surface area contributed by atoms with Crippen LogP contribution in [0.2, 0.25) is 5.02 Å². The van der Waals surface area contributed by atoms with Gasteiger partial charge >= 0.3 is 0 Å². The Kier molecular flexibility index (Phi) is 5.01. The van der Waals surface area contributed by atoms with Crippen molar-refractivity contribution in [3.63, 3.8) is 0 Å². The van der Waals surface area contributed by atoms with E-state index >= 15 is 0 Å². The van der Waals surface area contributed by atoms with Crippen molar-refractivity contribution >= 4 is 23.4 Å². The van der Waals surface area contributed by atoms with E-state index in [0.717, 1.165) is 10.6 Å². The minimum Gasteiger partial charge on any atom is -0.330 e. The third-order valence-corrected chi connectivity index (χ3v) is 3.97. The molecular formula is C13H14ClN3OS. The lowest BCUT2D eigenvalue weighted by Gasteiger charge is -2.05. The molecule has 3 N–H and O–H groups in total. The smallest absolute Gasteiger partial charge is 0.251 e. The minimum atomic E-state index is -0.145. The van der Waals surface area contributed by atoms with Crippen molar-refractivity contribution in [3.8, 4) is 0 Å². The Labute approximate surface area is 120 Å². The fourth-order valence-electron chi connectivity index (χ4n) is 1.62. The first kappa shape index (κ1) is 14.1. The lowest BCUT2D eigenvalue weighted by molar-refractivity contribution is 0.872. The van der Waals surface area contributed by atoms with Crippen LogP contribution in [0.25, 0.3) is 0 Å². The van der Waals surface area contributed by atoms with Crippen molar-refractivity contribution in [3.05, 3.63) is 57.2 Å². The molecule has 0 amide bonds. The van der Waals surface area contributed by atoms with E-state index in [9.17, 15) is 4.79 Å². The first-order valence-corrected chi connectivity index (χ1v) is 7.22. The number of nitrogens with one attached hydrogen (secondary N) is 1. The van der Waals surface area contributed by atoms with Crippen LogP contribution in [0.5, 0.6) is 0 Å².